The molecule has 2 aromatic carbocycles. The predicted molar refractivity (Wildman–Crippen MR) is 122 cm³/mol. The molecule has 2 N–H and O–H groups in total. The van der Waals surface area contributed by atoms with E-state index in [1.165, 1.54) is 18.2 Å². The first-order valence-corrected chi connectivity index (χ1v) is 12.0. The van der Waals surface area contributed by atoms with Crippen LogP contribution in [0.15, 0.2) is 53.4 Å². The van der Waals surface area contributed by atoms with E-state index in [0.29, 0.717) is 37.5 Å². The minimum atomic E-state index is -3.77. The van der Waals surface area contributed by atoms with Crippen LogP contribution in [0.25, 0.3) is 0 Å². The molecule has 9 heteroatoms. The van der Waals surface area contributed by atoms with Crippen molar-refractivity contribution in [3.8, 4) is 0 Å². The molecule has 0 bridgehead atoms. The van der Waals surface area contributed by atoms with Gasteiger partial charge in [0.2, 0.25) is 5.91 Å². The molecule has 32 heavy (non-hydrogen) atoms. The maximum absolute atomic E-state index is 13.1. The summed E-state index contributed by atoms with van der Waals surface area (Å²) in [6.07, 6.45) is 1.45. The van der Waals surface area contributed by atoms with Crippen molar-refractivity contribution in [1.82, 2.24) is 10.2 Å². The Labute approximate surface area is 189 Å². The van der Waals surface area contributed by atoms with Gasteiger partial charge >= 0.3 is 0 Å². The molecule has 1 aliphatic heterocycles. The molecule has 0 aromatic heterocycles. The van der Waals surface area contributed by atoms with E-state index in [1.54, 1.807) is 42.3 Å². The topological polar surface area (TPSA) is 105 Å². The molecule has 1 atom stereocenters. The highest BCUT2D eigenvalue weighted by Gasteiger charge is 2.29. The van der Waals surface area contributed by atoms with Crippen LogP contribution in [0.2, 0.25) is 0 Å². The standard InChI is InChI=1S/C23H29N3O5S/c1-17-8-10-21(11-9-17)32(29,30)25-20-7-3-5-18(15-20)23(28)26-13-4-6-19(16-26)22(27)24-12-14-31-2/h3,5,7-11,15,19,25H,4,6,12-14,16H2,1-2H3,(H,24,27). The van der Waals surface area contributed by atoms with Crippen LogP contribution in [-0.4, -0.2) is 58.5 Å². The third-order valence-electron chi connectivity index (χ3n) is 5.38. The zero-order valence-corrected chi connectivity index (χ0v) is 19.2. The summed E-state index contributed by atoms with van der Waals surface area (Å²) in [4.78, 5) is 27.2. The predicted octanol–water partition coefficient (Wildman–Crippen LogP) is 2.41. The average Bonchev–Trinajstić information content (AvgIpc) is 2.79. The molecule has 1 unspecified atom stereocenters. The van der Waals surface area contributed by atoms with Crippen LogP contribution in [0.3, 0.4) is 0 Å². The van der Waals surface area contributed by atoms with E-state index in [1.807, 2.05) is 6.92 Å². The van der Waals surface area contributed by atoms with Gasteiger partial charge in [0.1, 0.15) is 0 Å². The van der Waals surface area contributed by atoms with Crippen LogP contribution in [0, 0.1) is 12.8 Å². The lowest BCUT2D eigenvalue weighted by Gasteiger charge is -2.32. The van der Waals surface area contributed by atoms with Crippen LogP contribution in [0.5, 0.6) is 0 Å². The Morgan fingerprint density at radius 1 is 1.16 bits per heavy atom. The maximum atomic E-state index is 13.1. The van der Waals surface area contributed by atoms with Crippen molar-refractivity contribution < 1.29 is 22.7 Å². The largest absolute Gasteiger partial charge is 0.383 e. The Morgan fingerprint density at radius 3 is 2.62 bits per heavy atom. The molecule has 1 fully saturated rings. The Kier molecular flexibility index (Phi) is 7.87. The molecule has 8 nitrogen and oxygen atoms in total. The number of nitrogens with zero attached hydrogens (tertiary/aromatic N) is 1. The van der Waals surface area contributed by atoms with E-state index in [9.17, 15) is 18.0 Å². The zero-order valence-electron chi connectivity index (χ0n) is 18.3. The van der Waals surface area contributed by atoms with Gasteiger partial charge in [-0.2, -0.15) is 0 Å². The van der Waals surface area contributed by atoms with Crippen molar-refractivity contribution in [1.29, 1.82) is 0 Å². The fraction of sp³-hybridized carbons (Fsp3) is 0.391. The van der Waals surface area contributed by atoms with Crippen LogP contribution in [0.4, 0.5) is 5.69 Å². The van der Waals surface area contributed by atoms with Gasteiger partial charge in [-0.3, -0.25) is 14.3 Å². The van der Waals surface area contributed by atoms with Gasteiger partial charge in [-0.15, -0.1) is 0 Å². The summed E-state index contributed by atoms with van der Waals surface area (Å²) in [5, 5.41) is 2.83. The van der Waals surface area contributed by atoms with Crippen molar-refractivity contribution in [3.05, 3.63) is 59.7 Å². The second-order valence-corrected chi connectivity index (χ2v) is 9.56. The number of rotatable bonds is 8. The van der Waals surface area contributed by atoms with Gasteiger partial charge in [-0.25, -0.2) is 8.42 Å². The van der Waals surface area contributed by atoms with Crippen molar-refractivity contribution in [2.45, 2.75) is 24.7 Å². The average molecular weight is 460 g/mol. The summed E-state index contributed by atoms with van der Waals surface area (Å²) in [6, 6.07) is 12.9. The van der Waals surface area contributed by atoms with Gasteiger partial charge in [-0.1, -0.05) is 23.8 Å². The lowest BCUT2D eigenvalue weighted by molar-refractivity contribution is -0.126. The monoisotopic (exact) mass is 459 g/mol. The highest BCUT2D eigenvalue weighted by molar-refractivity contribution is 7.92. The summed E-state index contributed by atoms with van der Waals surface area (Å²) >= 11 is 0. The lowest BCUT2D eigenvalue weighted by atomic mass is 9.96. The van der Waals surface area contributed by atoms with Gasteiger partial charge in [0, 0.05) is 38.0 Å². The highest BCUT2D eigenvalue weighted by Crippen LogP contribution is 2.22. The number of aryl methyl sites for hydroxylation is 1. The van der Waals surface area contributed by atoms with Gasteiger partial charge in [0.05, 0.1) is 17.4 Å². The van der Waals surface area contributed by atoms with Crippen molar-refractivity contribution in [3.63, 3.8) is 0 Å². The number of carbonyl (C=O) groups is 2. The second-order valence-electron chi connectivity index (χ2n) is 7.87. The lowest BCUT2D eigenvalue weighted by Crippen LogP contribution is -2.45. The summed E-state index contributed by atoms with van der Waals surface area (Å²) < 4.78 is 32.8. The van der Waals surface area contributed by atoms with Crippen molar-refractivity contribution >= 4 is 27.5 Å². The Hall–Kier alpha value is -2.91. The molecular weight excluding hydrogens is 430 g/mol. The number of anilines is 1. The number of amides is 2. The van der Waals surface area contributed by atoms with Crippen LogP contribution in [0.1, 0.15) is 28.8 Å². The van der Waals surface area contributed by atoms with Crippen LogP contribution in [-0.2, 0) is 19.6 Å². The number of likely N-dealkylation sites (tertiary alicyclic amines) is 1. The molecule has 0 spiro atoms. The van der Waals surface area contributed by atoms with E-state index in [0.717, 1.165) is 18.4 Å². The maximum Gasteiger partial charge on any atom is 0.261 e. The third-order valence-corrected chi connectivity index (χ3v) is 6.78. The highest BCUT2D eigenvalue weighted by atomic mass is 32.2. The molecule has 2 aromatic rings. The van der Waals surface area contributed by atoms with Crippen molar-refractivity contribution in [2.75, 3.05) is 38.1 Å². The van der Waals surface area contributed by atoms with E-state index < -0.39 is 10.0 Å². The summed E-state index contributed by atoms with van der Waals surface area (Å²) in [6.45, 7) is 3.64. The molecule has 2 amide bonds. The summed E-state index contributed by atoms with van der Waals surface area (Å²) in [5.74, 6) is -0.581. The summed E-state index contributed by atoms with van der Waals surface area (Å²) in [5.41, 5.74) is 1.64. The van der Waals surface area contributed by atoms with E-state index in [2.05, 4.69) is 10.0 Å². The molecule has 0 radical (unpaired) electrons. The molecule has 1 heterocycles. The zero-order chi connectivity index (χ0) is 23.1. The molecule has 1 aliphatic rings. The smallest absolute Gasteiger partial charge is 0.261 e. The summed E-state index contributed by atoms with van der Waals surface area (Å²) in [7, 11) is -2.20. The quantitative estimate of drug-likeness (QED) is 0.590. The fourth-order valence-corrected chi connectivity index (χ4v) is 4.68. The minimum absolute atomic E-state index is 0.0841. The molecule has 1 saturated heterocycles. The Morgan fingerprint density at radius 2 is 1.91 bits per heavy atom. The van der Waals surface area contributed by atoms with Crippen molar-refractivity contribution in [2.24, 2.45) is 5.92 Å². The number of piperidine rings is 1. The van der Waals surface area contributed by atoms with E-state index in [-0.39, 0.29) is 22.6 Å². The third kappa shape index (κ3) is 6.08. The minimum Gasteiger partial charge on any atom is -0.383 e. The van der Waals surface area contributed by atoms with Crippen LogP contribution >= 0.6 is 0 Å². The van der Waals surface area contributed by atoms with E-state index >= 15 is 0 Å². The molecular formula is C23H29N3O5S. The first-order chi connectivity index (χ1) is 15.3. The van der Waals surface area contributed by atoms with E-state index in [4.69, 9.17) is 4.74 Å². The first-order valence-electron chi connectivity index (χ1n) is 10.6. The molecule has 0 saturated carbocycles. The SMILES string of the molecule is COCCNC(=O)C1CCCN(C(=O)c2cccc(NS(=O)(=O)c3ccc(C)cc3)c2)C1. The number of ether oxygens (including phenoxy) is 1. The number of benzene rings is 2. The van der Waals surface area contributed by atoms with Gasteiger partial charge in [-0.05, 0) is 50.1 Å². The molecule has 172 valence electrons. The number of hydrogen-bond acceptors (Lipinski definition) is 5. The van der Waals surface area contributed by atoms with Gasteiger partial charge in [0.15, 0.2) is 0 Å². The number of hydrogen-bond donors (Lipinski definition) is 2. The van der Waals surface area contributed by atoms with Crippen LogP contribution < -0.4 is 10.0 Å². The molecule has 3 rings (SSSR count). The number of methoxy groups -OCH3 is 1. The first kappa shape index (κ1) is 23.7. The normalized spacial score (nSPS) is 16.4. The Balaban J connectivity index is 1.68. The van der Waals surface area contributed by atoms with Gasteiger partial charge in [0.25, 0.3) is 15.9 Å². The fourth-order valence-electron chi connectivity index (χ4n) is 3.63. The number of sulfonamides is 1. The Bertz CT molecular complexity index is 1050. The second kappa shape index (κ2) is 10.6. The number of nitrogens with one attached hydrogen (secondary N) is 2. The molecule has 0 aliphatic carbocycles. The van der Waals surface area contributed by atoms with Gasteiger partial charge < -0.3 is 15.0 Å². The number of carbonyl (C=O) groups excluding carboxylic acids is 2.